The third kappa shape index (κ3) is 6.32. The molecule has 0 fully saturated rings. The topological polar surface area (TPSA) is 71.5 Å². The van der Waals surface area contributed by atoms with Gasteiger partial charge >= 0.3 is 6.09 Å². The summed E-state index contributed by atoms with van der Waals surface area (Å²) >= 11 is 3.35. The van der Waals surface area contributed by atoms with Crippen LogP contribution in [0.3, 0.4) is 0 Å². The van der Waals surface area contributed by atoms with Crippen molar-refractivity contribution in [2.24, 2.45) is 5.41 Å². The van der Waals surface area contributed by atoms with E-state index in [-0.39, 0.29) is 6.61 Å². The number of hydrogen-bond acceptors (Lipinski definition) is 4. The van der Waals surface area contributed by atoms with Gasteiger partial charge in [-0.3, -0.25) is 4.98 Å². The van der Waals surface area contributed by atoms with E-state index in [9.17, 15) is 9.90 Å². The fourth-order valence-electron chi connectivity index (χ4n) is 2.01. The molecule has 0 saturated heterocycles. The number of hydrogen-bond donors (Lipinski definition) is 2. The minimum absolute atomic E-state index is 0.0307. The Labute approximate surface area is 140 Å². The van der Waals surface area contributed by atoms with E-state index in [2.05, 4.69) is 26.2 Å². The highest BCUT2D eigenvalue weighted by Gasteiger charge is 2.30. The summed E-state index contributed by atoms with van der Waals surface area (Å²) in [5.74, 6) is 0. The van der Waals surface area contributed by atoms with Crippen LogP contribution in [0.2, 0.25) is 0 Å². The van der Waals surface area contributed by atoms with E-state index in [4.69, 9.17) is 4.74 Å². The SMILES string of the molecule is CCC(CO)(CNC(=O)OC(C)(C)C)Cc1ccc(Br)cn1. The van der Waals surface area contributed by atoms with Crippen molar-refractivity contribution in [3.63, 3.8) is 0 Å². The maximum atomic E-state index is 11.8. The van der Waals surface area contributed by atoms with Crippen LogP contribution in [0, 0.1) is 5.41 Å². The Hall–Kier alpha value is -1.14. The predicted molar refractivity (Wildman–Crippen MR) is 89.7 cm³/mol. The number of rotatable bonds is 6. The second-order valence-corrected chi connectivity index (χ2v) is 7.43. The Kier molecular flexibility index (Phi) is 6.81. The normalized spacial score (nSPS) is 14.3. The molecule has 0 aliphatic rings. The molecule has 1 amide bonds. The lowest BCUT2D eigenvalue weighted by atomic mass is 9.81. The first kappa shape index (κ1) is 18.9. The van der Waals surface area contributed by atoms with E-state index in [1.54, 1.807) is 6.20 Å². The summed E-state index contributed by atoms with van der Waals surface area (Å²) in [7, 11) is 0. The van der Waals surface area contributed by atoms with Crippen LogP contribution >= 0.6 is 15.9 Å². The van der Waals surface area contributed by atoms with Crippen LogP contribution in [0.25, 0.3) is 0 Å². The summed E-state index contributed by atoms with van der Waals surface area (Å²) < 4.78 is 6.15. The van der Waals surface area contributed by atoms with Crippen LogP contribution in [-0.4, -0.2) is 34.9 Å². The lowest BCUT2D eigenvalue weighted by Crippen LogP contribution is -2.43. The lowest BCUT2D eigenvalue weighted by Gasteiger charge is -2.31. The van der Waals surface area contributed by atoms with Crippen molar-refractivity contribution in [2.75, 3.05) is 13.2 Å². The molecule has 1 atom stereocenters. The molecule has 0 spiro atoms. The van der Waals surface area contributed by atoms with E-state index in [1.807, 2.05) is 39.8 Å². The number of aromatic nitrogens is 1. The maximum absolute atomic E-state index is 11.8. The van der Waals surface area contributed by atoms with Crippen LogP contribution in [0.5, 0.6) is 0 Å². The third-order valence-corrected chi connectivity index (χ3v) is 3.91. The van der Waals surface area contributed by atoms with Gasteiger partial charge < -0.3 is 15.2 Å². The van der Waals surface area contributed by atoms with Gasteiger partial charge in [0.05, 0.1) is 6.61 Å². The minimum Gasteiger partial charge on any atom is -0.444 e. The molecule has 1 heterocycles. The Morgan fingerprint density at radius 1 is 1.41 bits per heavy atom. The molecule has 6 heteroatoms. The number of carbonyl (C=O) groups excluding carboxylic acids is 1. The maximum Gasteiger partial charge on any atom is 0.407 e. The van der Waals surface area contributed by atoms with Crippen molar-refractivity contribution in [1.82, 2.24) is 10.3 Å². The van der Waals surface area contributed by atoms with Gasteiger partial charge in [-0.15, -0.1) is 0 Å². The van der Waals surface area contributed by atoms with Gasteiger partial charge in [-0.25, -0.2) is 4.79 Å². The van der Waals surface area contributed by atoms with Gasteiger partial charge in [0, 0.05) is 28.3 Å². The molecule has 1 aromatic rings. The van der Waals surface area contributed by atoms with Gasteiger partial charge in [0.25, 0.3) is 0 Å². The number of carbonyl (C=O) groups is 1. The Morgan fingerprint density at radius 2 is 2.09 bits per heavy atom. The molecule has 0 aliphatic heterocycles. The Morgan fingerprint density at radius 3 is 2.55 bits per heavy atom. The molecule has 2 N–H and O–H groups in total. The summed E-state index contributed by atoms with van der Waals surface area (Å²) in [6, 6.07) is 3.83. The van der Waals surface area contributed by atoms with Crippen LogP contribution in [0.4, 0.5) is 4.79 Å². The molecule has 0 bridgehead atoms. The Bertz CT molecular complexity index is 479. The van der Waals surface area contributed by atoms with Gasteiger partial charge in [0.15, 0.2) is 0 Å². The van der Waals surface area contributed by atoms with Crippen molar-refractivity contribution in [3.05, 3.63) is 28.5 Å². The first-order chi connectivity index (χ1) is 10.2. The number of nitrogens with one attached hydrogen (secondary N) is 1. The van der Waals surface area contributed by atoms with Crippen LogP contribution in [0.15, 0.2) is 22.8 Å². The molecule has 0 aliphatic carbocycles. The van der Waals surface area contributed by atoms with E-state index >= 15 is 0 Å². The van der Waals surface area contributed by atoms with E-state index in [1.165, 1.54) is 0 Å². The quantitative estimate of drug-likeness (QED) is 0.803. The molecule has 0 saturated carbocycles. The fraction of sp³-hybridized carbons (Fsp3) is 0.625. The predicted octanol–water partition coefficient (Wildman–Crippen LogP) is 3.30. The summed E-state index contributed by atoms with van der Waals surface area (Å²) in [6.07, 6.45) is 2.57. The van der Waals surface area contributed by atoms with Gasteiger partial charge in [0.1, 0.15) is 5.60 Å². The molecular weight excluding hydrogens is 348 g/mol. The minimum atomic E-state index is -0.536. The Balaban J connectivity index is 2.70. The van der Waals surface area contributed by atoms with Gasteiger partial charge in [-0.1, -0.05) is 6.92 Å². The highest BCUT2D eigenvalue weighted by atomic mass is 79.9. The number of amides is 1. The highest BCUT2D eigenvalue weighted by Crippen LogP contribution is 2.26. The number of nitrogens with zero attached hydrogens (tertiary/aromatic N) is 1. The number of ether oxygens (including phenoxy) is 1. The van der Waals surface area contributed by atoms with Crippen molar-refractivity contribution in [2.45, 2.75) is 46.1 Å². The largest absolute Gasteiger partial charge is 0.444 e. The van der Waals surface area contributed by atoms with Crippen LogP contribution < -0.4 is 5.32 Å². The summed E-state index contributed by atoms with van der Waals surface area (Å²) in [6.45, 7) is 7.75. The molecule has 124 valence electrons. The zero-order valence-corrected chi connectivity index (χ0v) is 15.2. The molecule has 1 aromatic heterocycles. The average Bonchev–Trinajstić information content (AvgIpc) is 2.44. The summed E-state index contributed by atoms with van der Waals surface area (Å²) in [5.41, 5.74) is -0.103. The molecule has 22 heavy (non-hydrogen) atoms. The molecule has 5 nitrogen and oxygen atoms in total. The van der Waals surface area contributed by atoms with Crippen molar-refractivity contribution < 1.29 is 14.6 Å². The zero-order chi connectivity index (χ0) is 16.8. The van der Waals surface area contributed by atoms with Gasteiger partial charge in [0.2, 0.25) is 0 Å². The van der Waals surface area contributed by atoms with Crippen molar-refractivity contribution >= 4 is 22.0 Å². The lowest BCUT2D eigenvalue weighted by molar-refractivity contribution is 0.0460. The summed E-state index contributed by atoms with van der Waals surface area (Å²) in [5, 5.41) is 12.6. The zero-order valence-electron chi connectivity index (χ0n) is 13.6. The van der Waals surface area contributed by atoms with Crippen molar-refractivity contribution in [1.29, 1.82) is 0 Å². The van der Waals surface area contributed by atoms with E-state index in [0.717, 1.165) is 16.6 Å². The highest BCUT2D eigenvalue weighted by molar-refractivity contribution is 9.10. The van der Waals surface area contributed by atoms with Crippen molar-refractivity contribution in [3.8, 4) is 0 Å². The average molecular weight is 373 g/mol. The number of alkyl carbamates (subject to hydrolysis) is 1. The molecule has 0 aromatic carbocycles. The van der Waals surface area contributed by atoms with E-state index in [0.29, 0.717) is 13.0 Å². The standard InChI is InChI=1S/C16H25BrN2O3/c1-5-16(11-20,8-13-7-6-12(17)9-18-13)10-19-14(21)22-15(2,3)4/h6-7,9,20H,5,8,10-11H2,1-4H3,(H,19,21). The van der Waals surface area contributed by atoms with Gasteiger partial charge in [-0.05, 0) is 61.7 Å². The third-order valence-electron chi connectivity index (χ3n) is 3.44. The monoisotopic (exact) mass is 372 g/mol. The number of aliphatic hydroxyl groups excluding tert-OH is 1. The number of halogens is 1. The second kappa shape index (κ2) is 7.92. The first-order valence-corrected chi connectivity index (χ1v) is 8.17. The summed E-state index contributed by atoms with van der Waals surface area (Å²) in [4.78, 5) is 16.1. The fourth-order valence-corrected chi connectivity index (χ4v) is 2.24. The molecular formula is C16H25BrN2O3. The second-order valence-electron chi connectivity index (χ2n) is 6.51. The number of pyridine rings is 1. The van der Waals surface area contributed by atoms with Crippen LogP contribution in [0.1, 0.15) is 39.8 Å². The smallest absolute Gasteiger partial charge is 0.407 e. The first-order valence-electron chi connectivity index (χ1n) is 7.38. The molecule has 0 radical (unpaired) electrons. The van der Waals surface area contributed by atoms with Gasteiger partial charge in [-0.2, -0.15) is 0 Å². The molecule has 1 unspecified atom stereocenters. The number of aliphatic hydroxyl groups is 1. The molecule has 1 rings (SSSR count). The van der Waals surface area contributed by atoms with Crippen LogP contribution in [-0.2, 0) is 11.2 Å². The van der Waals surface area contributed by atoms with E-state index < -0.39 is 17.1 Å².